The Labute approximate surface area is 433 Å². The second-order valence-electron chi connectivity index (χ2n) is 19.9. The van der Waals surface area contributed by atoms with Gasteiger partial charge in [0.25, 0.3) is 0 Å². The third kappa shape index (κ3) is 55.8. The van der Waals surface area contributed by atoms with Gasteiger partial charge in [0, 0.05) is 19.3 Å². The molecule has 0 spiro atoms. The molecular weight excluding hydrogens is 865 g/mol. The lowest BCUT2D eigenvalue weighted by molar-refractivity contribution is -0.167. The Morgan fingerprint density at radius 1 is 0.300 bits per heavy atom. The van der Waals surface area contributed by atoms with E-state index in [1.807, 2.05) is 0 Å². The molecule has 0 aromatic rings. The monoisotopic (exact) mass is 977 g/mol. The molecule has 1 atom stereocenters. The van der Waals surface area contributed by atoms with Crippen LogP contribution >= 0.6 is 0 Å². The van der Waals surface area contributed by atoms with Gasteiger partial charge < -0.3 is 14.2 Å². The van der Waals surface area contributed by atoms with E-state index < -0.39 is 6.10 Å². The molecule has 0 rings (SSSR count). The van der Waals surface area contributed by atoms with Gasteiger partial charge >= 0.3 is 17.9 Å². The number of ether oxygens (including phenoxy) is 3. The maximum Gasteiger partial charge on any atom is 0.306 e. The zero-order valence-corrected chi connectivity index (χ0v) is 46.3. The summed E-state index contributed by atoms with van der Waals surface area (Å²) in [5, 5.41) is 0. The molecule has 0 aliphatic rings. The molecule has 0 aliphatic carbocycles. The van der Waals surface area contributed by atoms with Gasteiger partial charge in [0.05, 0.1) is 0 Å². The van der Waals surface area contributed by atoms with Crippen molar-refractivity contribution in [3.8, 4) is 0 Å². The molecular formula is C64H112O6. The second kappa shape index (κ2) is 58.4. The van der Waals surface area contributed by atoms with Gasteiger partial charge in [-0.1, -0.05) is 280 Å². The number of carbonyl (C=O) groups is 3. The Kier molecular flexibility index (Phi) is 55.8. The highest BCUT2D eigenvalue weighted by Crippen LogP contribution is 2.17. The van der Waals surface area contributed by atoms with E-state index in [2.05, 4.69) is 93.7 Å². The van der Waals surface area contributed by atoms with Crippen molar-refractivity contribution in [2.24, 2.45) is 0 Å². The van der Waals surface area contributed by atoms with Crippen LogP contribution in [0.15, 0.2) is 72.9 Å². The van der Waals surface area contributed by atoms with E-state index in [9.17, 15) is 14.4 Å². The Hall–Kier alpha value is -3.15. The molecule has 404 valence electrons. The van der Waals surface area contributed by atoms with Crippen LogP contribution in [0.5, 0.6) is 0 Å². The number of esters is 3. The van der Waals surface area contributed by atoms with E-state index >= 15 is 0 Å². The molecule has 0 N–H and O–H groups in total. The molecule has 6 heteroatoms. The van der Waals surface area contributed by atoms with Crippen LogP contribution in [0, 0.1) is 0 Å². The predicted molar refractivity (Wildman–Crippen MR) is 302 cm³/mol. The Bertz CT molecular complexity index is 1310. The minimum atomic E-state index is -0.795. The quantitative estimate of drug-likeness (QED) is 0.0261. The molecule has 0 saturated carbocycles. The fraction of sp³-hybridized carbons (Fsp3) is 0.766. The molecule has 70 heavy (non-hydrogen) atoms. The molecule has 0 aliphatic heterocycles. The Morgan fingerprint density at radius 2 is 0.557 bits per heavy atom. The van der Waals surface area contributed by atoms with E-state index in [4.69, 9.17) is 14.2 Å². The van der Waals surface area contributed by atoms with Gasteiger partial charge in [-0.25, -0.2) is 0 Å². The highest BCUT2D eigenvalue weighted by atomic mass is 16.6. The van der Waals surface area contributed by atoms with E-state index in [1.54, 1.807) is 0 Å². The number of hydrogen-bond donors (Lipinski definition) is 0. The summed E-state index contributed by atoms with van der Waals surface area (Å²) in [4.78, 5) is 38.0. The number of rotatable bonds is 54. The van der Waals surface area contributed by atoms with Crippen LogP contribution in [0.2, 0.25) is 0 Å². The second-order valence-corrected chi connectivity index (χ2v) is 19.9. The maximum atomic E-state index is 12.8. The van der Waals surface area contributed by atoms with E-state index in [0.717, 1.165) is 89.9 Å². The van der Waals surface area contributed by atoms with E-state index in [0.29, 0.717) is 19.3 Å². The minimum Gasteiger partial charge on any atom is -0.462 e. The number of unbranched alkanes of at least 4 members (excludes halogenated alkanes) is 31. The Balaban J connectivity index is 4.26. The normalized spacial score (nSPS) is 12.6. The summed E-state index contributed by atoms with van der Waals surface area (Å²) >= 11 is 0. The van der Waals surface area contributed by atoms with Gasteiger partial charge in [0.1, 0.15) is 13.2 Å². The Morgan fingerprint density at radius 3 is 0.871 bits per heavy atom. The zero-order chi connectivity index (χ0) is 50.7. The summed E-state index contributed by atoms with van der Waals surface area (Å²) in [6.07, 6.45) is 74.9. The molecule has 0 fully saturated rings. The number of carbonyl (C=O) groups excluding carboxylic acids is 3. The molecule has 0 saturated heterocycles. The van der Waals surface area contributed by atoms with Crippen molar-refractivity contribution in [1.82, 2.24) is 0 Å². The van der Waals surface area contributed by atoms with Gasteiger partial charge in [-0.2, -0.15) is 0 Å². The molecule has 0 bridgehead atoms. The molecule has 1 unspecified atom stereocenters. The van der Waals surface area contributed by atoms with Gasteiger partial charge in [0.2, 0.25) is 0 Å². The van der Waals surface area contributed by atoms with Gasteiger partial charge in [-0.15, -0.1) is 0 Å². The highest BCUT2D eigenvalue weighted by Gasteiger charge is 2.19. The fourth-order valence-corrected chi connectivity index (χ4v) is 8.51. The summed E-state index contributed by atoms with van der Waals surface area (Å²) < 4.78 is 16.8. The van der Waals surface area contributed by atoms with Crippen molar-refractivity contribution in [3.05, 3.63) is 72.9 Å². The van der Waals surface area contributed by atoms with E-state index in [-0.39, 0.29) is 37.5 Å². The molecule has 6 nitrogen and oxygen atoms in total. The number of hydrogen-bond acceptors (Lipinski definition) is 6. The van der Waals surface area contributed by atoms with Crippen LogP contribution in [0.1, 0.15) is 297 Å². The summed E-state index contributed by atoms with van der Waals surface area (Å²) in [7, 11) is 0. The van der Waals surface area contributed by atoms with Crippen molar-refractivity contribution >= 4 is 17.9 Å². The lowest BCUT2D eigenvalue weighted by atomic mass is 10.0. The number of allylic oxidation sites excluding steroid dienone is 12. The average Bonchev–Trinajstić information content (AvgIpc) is 3.36. The zero-order valence-electron chi connectivity index (χ0n) is 46.3. The minimum absolute atomic E-state index is 0.0898. The van der Waals surface area contributed by atoms with Crippen molar-refractivity contribution < 1.29 is 28.6 Å². The lowest BCUT2D eigenvalue weighted by Gasteiger charge is -2.18. The summed E-state index contributed by atoms with van der Waals surface area (Å²) in [5.74, 6) is -0.927. The smallest absolute Gasteiger partial charge is 0.306 e. The SMILES string of the molecule is CC/C=C\C/C=C\C/C=C\C/C=C\C/C=C\C/C=C\CCCCC(=O)OC(COC(=O)CCCCCCCCCC)COC(=O)CCCCCCCCCCCCCCCCCCCCCCCCC. The fourth-order valence-electron chi connectivity index (χ4n) is 8.51. The highest BCUT2D eigenvalue weighted by molar-refractivity contribution is 5.71. The van der Waals surface area contributed by atoms with Crippen molar-refractivity contribution in [1.29, 1.82) is 0 Å². The standard InChI is InChI=1S/C64H112O6/c1-4-7-10-13-16-19-21-23-25-27-29-31-32-34-35-37-39-41-43-45-48-51-54-57-63(66)69-60-61(59-68-62(65)56-53-50-47-18-15-12-9-6-3)70-64(67)58-55-52-49-46-44-42-40-38-36-33-30-28-26-24-22-20-17-14-11-8-5-2/h8,11,17,20,24,26,30,33,38,40,44,46,61H,4-7,9-10,12-16,18-19,21-23,25,27-29,31-32,34-37,39,41-43,45,47-60H2,1-3H3/b11-8-,20-17-,26-24-,33-30-,40-38-,46-44-. The van der Waals surface area contributed by atoms with Crippen LogP contribution in [0.25, 0.3) is 0 Å². The first kappa shape index (κ1) is 66.9. The van der Waals surface area contributed by atoms with Gasteiger partial charge in [-0.3, -0.25) is 14.4 Å². The first-order valence-electron chi connectivity index (χ1n) is 29.9. The molecule has 0 aromatic heterocycles. The summed E-state index contributed by atoms with van der Waals surface area (Å²) in [6, 6.07) is 0. The lowest BCUT2D eigenvalue weighted by Crippen LogP contribution is -2.30. The summed E-state index contributed by atoms with van der Waals surface area (Å²) in [6.45, 7) is 6.49. The molecule has 0 radical (unpaired) electrons. The maximum absolute atomic E-state index is 12.8. The predicted octanol–water partition coefficient (Wildman–Crippen LogP) is 20.2. The van der Waals surface area contributed by atoms with Crippen molar-refractivity contribution in [3.63, 3.8) is 0 Å². The largest absolute Gasteiger partial charge is 0.462 e. The van der Waals surface area contributed by atoms with Crippen LogP contribution in [0.3, 0.4) is 0 Å². The van der Waals surface area contributed by atoms with E-state index in [1.165, 1.54) is 161 Å². The third-order valence-corrected chi connectivity index (χ3v) is 13.0. The van der Waals surface area contributed by atoms with Gasteiger partial charge in [0.15, 0.2) is 6.10 Å². The topological polar surface area (TPSA) is 78.9 Å². The first-order valence-corrected chi connectivity index (χ1v) is 29.9. The van der Waals surface area contributed by atoms with Crippen LogP contribution < -0.4 is 0 Å². The van der Waals surface area contributed by atoms with Crippen LogP contribution in [0.4, 0.5) is 0 Å². The third-order valence-electron chi connectivity index (χ3n) is 13.0. The van der Waals surface area contributed by atoms with Gasteiger partial charge in [-0.05, 0) is 70.6 Å². The molecule has 0 aromatic carbocycles. The molecule has 0 heterocycles. The first-order chi connectivity index (χ1) is 34.5. The molecule has 0 amide bonds. The van der Waals surface area contributed by atoms with Crippen LogP contribution in [-0.2, 0) is 28.6 Å². The van der Waals surface area contributed by atoms with Crippen molar-refractivity contribution in [2.75, 3.05) is 13.2 Å². The summed E-state index contributed by atoms with van der Waals surface area (Å²) in [5.41, 5.74) is 0. The average molecular weight is 978 g/mol. The van der Waals surface area contributed by atoms with Crippen molar-refractivity contribution in [2.45, 2.75) is 303 Å². The van der Waals surface area contributed by atoms with Crippen LogP contribution in [-0.4, -0.2) is 37.2 Å².